The van der Waals surface area contributed by atoms with Crippen LogP contribution in [-0.2, 0) is 0 Å². The zero-order valence-corrected chi connectivity index (χ0v) is 13.2. The van der Waals surface area contributed by atoms with Crippen LogP contribution in [-0.4, -0.2) is 29.2 Å². The number of hydrogen-bond donors (Lipinski definition) is 1. The minimum atomic E-state index is -0.533. The zero-order valence-electron chi connectivity index (χ0n) is 11.6. The van der Waals surface area contributed by atoms with Gasteiger partial charge in [-0.3, -0.25) is 10.1 Å². The number of nitro groups is 1. The molecule has 1 N–H and O–H groups in total. The molecule has 1 aromatic carbocycles. The highest BCUT2D eigenvalue weighted by Gasteiger charge is 2.28. The molecule has 0 aromatic heterocycles. The van der Waals surface area contributed by atoms with Crippen molar-refractivity contribution in [2.75, 3.05) is 18.1 Å². The summed E-state index contributed by atoms with van der Waals surface area (Å²) in [5.41, 5.74) is 0.115. The molecule has 1 saturated carbocycles. The fourth-order valence-electron chi connectivity index (χ4n) is 2.90. The first-order chi connectivity index (χ1) is 10.0. The SMILES string of the molecule is O=[N+]([O-])c1cc(Br)c(F)cc1N(CCO)C1CCCCC1. The molecule has 0 radical (unpaired) electrons. The monoisotopic (exact) mass is 360 g/mol. The first kappa shape index (κ1) is 16.2. The van der Waals surface area contributed by atoms with Crippen LogP contribution < -0.4 is 4.90 Å². The highest BCUT2D eigenvalue weighted by Crippen LogP contribution is 2.36. The molecule has 0 aliphatic heterocycles. The summed E-state index contributed by atoms with van der Waals surface area (Å²) in [4.78, 5) is 12.5. The number of halogens is 2. The van der Waals surface area contributed by atoms with Crippen LogP contribution in [0.2, 0.25) is 0 Å². The van der Waals surface area contributed by atoms with Crippen LogP contribution in [0.4, 0.5) is 15.8 Å². The molecule has 0 heterocycles. The highest BCUT2D eigenvalue weighted by atomic mass is 79.9. The lowest BCUT2D eigenvalue weighted by molar-refractivity contribution is -0.384. The van der Waals surface area contributed by atoms with Crippen molar-refractivity contribution in [2.45, 2.75) is 38.1 Å². The third kappa shape index (κ3) is 3.71. The van der Waals surface area contributed by atoms with E-state index in [1.54, 1.807) is 4.90 Å². The summed E-state index contributed by atoms with van der Waals surface area (Å²) < 4.78 is 13.9. The van der Waals surface area contributed by atoms with Crippen LogP contribution >= 0.6 is 15.9 Å². The minimum Gasteiger partial charge on any atom is -0.395 e. The summed E-state index contributed by atoms with van der Waals surface area (Å²) in [6, 6.07) is 2.50. The number of benzene rings is 1. The Morgan fingerprint density at radius 3 is 2.62 bits per heavy atom. The van der Waals surface area contributed by atoms with Gasteiger partial charge in [-0.2, -0.15) is 0 Å². The Bertz CT molecular complexity index is 521. The molecular formula is C14H18BrFN2O3. The van der Waals surface area contributed by atoms with E-state index in [-0.39, 0.29) is 35.0 Å². The lowest BCUT2D eigenvalue weighted by Crippen LogP contribution is -2.39. The van der Waals surface area contributed by atoms with E-state index in [4.69, 9.17) is 0 Å². The van der Waals surface area contributed by atoms with Crippen molar-refractivity contribution in [1.82, 2.24) is 0 Å². The van der Waals surface area contributed by atoms with Gasteiger partial charge in [-0.05, 0) is 28.8 Å². The molecule has 1 aromatic rings. The van der Waals surface area contributed by atoms with Gasteiger partial charge in [0.2, 0.25) is 0 Å². The van der Waals surface area contributed by atoms with Crippen molar-refractivity contribution in [2.24, 2.45) is 0 Å². The second-order valence-electron chi connectivity index (χ2n) is 5.22. The number of anilines is 1. The molecule has 0 spiro atoms. The molecule has 21 heavy (non-hydrogen) atoms. The number of aliphatic hydroxyl groups is 1. The Labute approximate surface area is 131 Å². The third-order valence-electron chi connectivity index (χ3n) is 3.88. The second kappa shape index (κ2) is 7.17. The number of rotatable bonds is 5. The maximum absolute atomic E-state index is 13.8. The van der Waals surface area contributed by atoms with E-state index >= 15 is 0 Å². The van der Waals surface area contributed by atoms with Gasteiger partial charge in [0.1, 0.15) is 11.5 Å². The maximum Gasteiger partial charge on any atom is 0.293 e. The van der Waals surface area contributed by atoms with Gasteiger partial charge < -0.3 is 10.0 Å². The molecular weight excluding hydrogens is 343 g/mol. The van der Waals surface area contributed by atoms with Crippen LogP contribution in [0.5, 0.6) is 0 Å². The van der Waals surface area contributed by atoms with Crippen LogP contribution in [0, 0.1) is 15.9 Å². The average Bonchev–Trinajstić information content (AvgIpc) is 2.48. The van der Waals surface area contributed by atoms with Crippen molar-refractivity contribution in [3.63, 3.8) is 0 Å². The molecule has 2 rings (SSSR count). The third-order valence-corrected chi connectivity index (χ3v) is 4.49. The second-order valence-corrected chi connectivity index (χ2v) is 6.08. The van der Waals surface area contributed by atoms with Gasteiger partial charge in [0.25, 0.3) is 5.69 Å². The number of aliphatic hydroxyl groups excluding tert-OH is 1. The topological polar surface area (TPSA) is 66.6 Å². The van der Waals surface area contributed by atoms with Gasteiger partial charge in [0.15, 0.2) is 0 Å². The molecule has 1 aliphatic rings. The van der Waals surface area contributed by atoms with E-state index in [0.717, 1.165) is 32.1 Å². The van der Waals surface area contributed by atoms with Gasteiger partial charge in [0, 0.05) is 24.7 Å². The Morgan fingerprint density at radius 2 is 2.05 bits per heavy atom. The maximum atomic E-state index is 13.8. The summed E-state index contributed by atoms with van der Waals surface area (Å²) in [7, 11) is 0. The Morgan fingerprint density at radius 1 is 1.38 bits per heavy atom. The highest BCUT2D eigenvalue weighted by molar-refractivity contribution is 9.10. The molecule has 7 heteroatoms. The lowest BCUT2D eigenvalue weighted by atomic mass is 9.93. The van der Waals surface area contributed by atoms with Gasteiger partial charge in [-0.15, -0.1) is 0 Å². The average molecular weight is 361 g/mol. The van der Waals surface area contributed by atoms with Crippen molar-refractivity contribution in [3.8, 4) is 0 Å². The molecule has 116 valence electrons. The van der Waals surface area contributed by atoms with E-state index in [9.17, 15) is 19.6 Å². The quantitative estimate of drug-likeness (QED) is 0.643. The first-order valence-corrected chi connectivity index (χ1v) is 7.85. The summed E-state index contributed by atoms with van der Waals surface area (Å²) in [6.07, 6.45) is 5.09. The van der Waals surface area contributed by atoms with E-state index in [2.05, 4.69) is 15.9 Å². The summed E-state index contributed by atoms with van der Waals surface area (Å²) in [6.45, 7) is 0.151. The predicted molar refractivity (Wildman–Crippen MR) is 82.1 cm³/mol. The van der Waals surface area contributed by atoms with Gasteiger partial charge in [0.05, 0.1) is 16.0 Å². The largest absolute Gasteiger partial charge is 0.395 e. The van der Waals surface area contributed by atoms with Crippen LogP contribution in [0.25, 0.3) is 0 Å². The molecule has 0 atom stereocenters. The van der Waals surface area contributed by atoms with Crippen LogP contribution in [0.15, 0.2) is 16.6 Å². The molecule has 0 unspecified atom stereocenters. The first-order valence-electron chi connectivity index (χ1n) is 7.05. The van der Waals surface area contributed by atoms with E-state index in [0.29, 0.717) is 0 Å². The van der Waals surface area contributed by atoms with Crippen LogP contribution in [0.3, 0.4) is 0 Å². The Balaban J connectivity index is 2.42. The summed E-state index contributed by atoms with van der Waals surface area (Å²) >= 11 is 2.99. The molecule has 1 fully saturated rings. The standard InChI is InChI=1S/C14H18BrFN2O3/c15-11-8-14(18(20)21)13(9-12(11)16)17(6-7-19)10-4-2-1-3-5-10/h8-10,19H,1-7H2. The minimum absolute atomic E-state index is 0.0746. The fraction of sp³-hybridized carbons (Fsp3) is 0.571. The van der Waals surface area contributed by atoms with Crippen molar-refractivity contribution in [1.29, 1.82) is 0 Å². The normalized spacial score (nSPS) is 16.0. The zero-order chi connectivity index (χ0) is 15.4. The number of hydrogen-bond acceptors (Lipinski definition) is 4. The predicted octanol–water partition coefficient (Wildman–Crippen LogP) is 3.63. The van der Waals surface area contributed by atoms with Crippen molar-refractivity contribution < 1.29 is 14.4 Å². The Kier molecular flexibility index (Phi) is 5.52. The lowest BCUT2D eigenvalue weighted by Gasteiger charge is -2.35. The van der Waals surface area contributed by atoms with E-state index in [1.165, 1.54) is 12.1 Å². The molecule has 0 saturated heterocycles. The molecule has 5 nitrogen and oxygen atoms in total. The summed E-state index contributed by atoms with van der Waals surface area (Å²) in [5.74, 6) is -0.533. The van der Waals surface area contributed by atoms with E-state index in [1.807, 2.05) is 0 Å². The molecule has 0 amide bonds. The van der Waals surface area contributed by atoms with Crippen molar-refractivity contribution >= 4 is 27.3 Å². The van der Waals surface area contributed by atoms with Gasteiger partial charge in [-0.25, -0.2) is 4.39 Å². The fourth-order valence-corrected chi connectivity index (χ4v) is 3.23. The Hall–Kier alpha value is -1.21. The smallest absolute Gasteiger partial charge is 0.293 e. The molecule has 0 bridgehead atoms. The van der Waals surface area contributed by atoms with Gasteiger partial charge >= 0.3 is 0 Å². The number of nitrogens with zero attached hydrogens (tertiary/aromatic N) is 2. The number of nitro benzene ring substituents is 1. The van der Waals surface area contributed by atoms with Gasteiger partial charge in [-0.1, -0.05) is 19.3 Å². The van der Waals surface area contributed by atoms with Crippen molar-refractivity contribution in [3.05, 3.63) is 32.5 Å². The molecule has 1 aliphatic carbocycles. The summed E-state index contributed by atoms with van der Waals surface area (Å²) in [5, 5.41) is 20.5. The van der Waals surface area contributed by atoms with E-state index < -0.39 is 10.7 Å². The van der Waals surface area contributed by atoms with Crippen LogP contribution in [0.1, 0.15) is 32.1 Å².